The van der Waals surface area contributed by atoms with Crippen molar-refractivity contribution in [2.24, 2.45) is 5.92 Å². The van der Waals surface area contributed by atoms with Crippen LogP contribution in [-0.2, 0) is 22.4 Å². The van der Waals surface area contributed by atoms with Gasteiger partial charge in [-0.25, -0.2) is 4.79 Å². The van der Waals surface area contributed by atoms with Crippen LogP contribution in [0.1, 0.15) is 99.5 Å². The lowest BCUT2D eigenvalue weighted by Crippen LogP contribution is -2.30. The minimum atomic E-state index is -0.273. The Labute approximate surface area is 205 Å². The molecule has 4 nitrogen and oxygen atoms in total. The Balaban J connectivity index is 1.39. The highest BCUT2D eigenvalue weighted by Gasteiger charge is 2.29. The average molecular weight is 465 g/mol. The molecule has 2 aromatic carbocycles. The molecule has 0 amide bonds. The van der Waals surface area contributed by atoms with Gasteiger partial charge in [-0.3, -0.25) is 4.79 Å². The summed E-state index contributed by atoms with van der Waals surface area (Å²) in [5.41, 5.74) is 3.13. The monoisotopic (exact) mass is 464 g/mol. The van der Waals surface area contributed by atoms with E-state index < -0.39 is 0 Å². The van der Waals surface area contributed by atoms with Crippen LogP contribution in [-0.4, -0.2) is 18.0 Å². The van der Waals surface area contributed by atoms with Crippen LogP contribution < -0.4 is 4.74 Å². The Bertz CT molecular complexity index is 877. The summed E-state index contributed by atoms with van der Waals surface area (Å²) in [4.78, 5) is 25.1. The van der Waals surface area contributed by atoms with Crippen LogP contribution >= 0.6 is 0 Å². The molecule has 0 radical (unpaired) electrons. The molecule has 0 atom stereocenters. The van der Waals surface area contributed by atoms with Gasteiger partial charge in [-0.1, -0.05) is 63.8 Å². The Morgan fingerprint density at radius 1 is 0.735 bits per heavy atom. The number of unbranched alkanes of at least 4 members (excludes halogenated alkanes) is 4. The molecule has 1 fully saturated rings. The van der Waals surface area contributed by atoms with Gasteiger partial charge in [0.25, 0.3) is 0 Å². The normalized spacial score (nSPS) is 17.8. The summed E-state index contributed by atoms with van der Waals surface area (Å²) in [7, 11) is 0. The first-order chi connectivity index (χ1) is 16.6. The molecular formula is C30H40O4. The molecule has 34 heavy (non-hydrogen) atoms. The molecule has 1 aliphatic rings. The third-order valence-electron chi connectivity index (χ3n) is 6.75. The molecule has 4 heteroatoms. The Morgan fingerprint density at radius 3 is 1.79 bits per heavy atom. The van der Waals surface area contributed by atoms with Crippen LogP contribution in [0.5, 0.6) is 5.75 Å². The Kier molecular flexibility index (Phi) is 10.7. The van der Waals surface area contributed by atoms with E-state index in [9.17, 15) is 9.59 Å². The maximum Gasteiger partial charge on any atom is 0.338 e. The summed E-state index contributed by atoms with van der Waals surface area (Å²) in [6, 6.07) is 15.7. The molecule has 0 saturated heterocycles. The second-order valence-corrected chi connectivity index (χ2v) is 9.56. The number of aryl methyl sites for hydroxylation is 2. The SMILES string of the molecule is CCCCCc1ccc(OC(=O)C2CCC(OC(=O)c3ccc(CCCCC)cc3)CC2)cc1. The van der Waals surface area contributed by atoms with Crippen molar-refractivity contribution in [3.05, 3.63) is 65.2 Å². The third-order valence-corrected chi connectivity index (χ3v) is 6.75. The van der Waals surface area contributed by atoms with Crippen LogP contribution in [0.3, 0.4) is 0 Å². The number of rotatable bonds is 12. The largest absolute Gasteiger partial charge is 0.459 e. The fourth-order valence-corrected chi connectivity index (χ4v) is 4.53. The van der Waals surface area contributed by atoms with Gasteiger partial charge >= 0.3 is 11.9 Å². The van der Waals surface area contributed by atoms with E-state index in [1.54, 1.807) is 0 Å². The second-order valence-electron chi connectivity index (χ2n) is 9.56. The van der Waals surface area contributed by atoms with Crippen LogP contribution in [0.4, 0.5) is 0 Å². The van der Waals surface area contributed by atoms with Gasteiger partial charge in [0.05, 0.1) is 11.5 Å². The lowest BCUT2D eigenvalue weighted by molar-refractivity contribution is -0.140. The molecule has 0 spiro atoms. The summed E-state index contributed by atoms with van der Waals surface area (Å²) in [6.45, 7) is 4.40. The van der Waals surface area contributed by atoms with Gasteiger partial charge in [-0.15, -0.1) is 0 Å². The first-order valence-electron chi connectivity index (χ1n) is 13.2. The molecule has 1 saturated carbocycles. The van der Waals surface area contributed by atoms with Crippen LogP contribution in [0, 0.1) is 5.92 Å². The molecule has 3 rings (SSSR count). The predicted molar refractivity (Wildman–Crippen MR) is 136 cm³/mol. The van der Waals surface area contributed by atoms with E-state index in [2.05, 4.69) is 13.8 Å². The zero-order valence-corrected chi connectivity index (χ0v) is 20.9. The van der Waals surface area contributed by atoms with E-state index in [1.807, 2.05) is 48.5 Å². The first-order valence-corrected chi connectivity index (χ1v) is 13.2. The first kappa shape index (κ1) is 26.0. The van der Waals surface area contributed by atoms with E-state index in [1.165, 1.54) is 49.7 Å². The lowest BCUT2D eigenvalue weighted by Gasteiger charge is -2.27. The smallest absolute Gasteiger partial charge is 0.338 e. The molecule has 0 bridgehead atoms. The van der Waals surface area contributed by atoms with Gasteiger partial charge in [-0.05, 0) is 86.8 Å². The highest BCUT2D eigenvalue weighted by Crippen LogP contribution is 2.29. The molecule has 0 N–H and O–H groups in total. The second kappa shape index (κ2) is 13.9. The average Bonchev–Trinajstić information content (AvgIpc) is 2.86. The number of esters is 2. The number of hydrogen-bond donors (Lipinski definition) is 0. The Morgan fingerprint density at radius 2 is 1.26 bits per heavy atom. The topological polar surface area (TPSA) is 52.6 Å². The molecular weight excluding hydrogens is 424 g/mol. The summed E-state index contributed by atoms with van der Waals surface area (Å²) in [5, 5.41) is 0. The molecule has 2 aromatic rings. The van der Waals surface area contributed by atoms with E-state index in [0.29, 0.717) is 37.0 Å². The minimum Gasteiger partial charge on any atom is -0.459 e. The fraction of sp³-hybridized carbons (Fsp3) is 0.533. The van der Waals surface area contributed by atoms with Crippen LogP contribution in [0.15, 0.2) is 48.5 Å². The third kappa shape index (κ3) is 8.30. The highest BCUT2D eigenvalue weighted by atomic mass is 16.5. The molecule has 0 unspecified atom stereocenters. The van der Waals surface area contributed by atoms with Crippen molar-refractivity contribution in [2.45, 2.75) is 97.0 Å². The fourth-order valence-electron chi connectivity index (χ4n) is 4.53. The van der Waals surface area contributed by atoms with Gasteiger partial charge < -0.3 is 9.47 Å². The maximum atomic E-state index is 12.6. The zero-order valence-electron chi connectivity index (χ0n) is 20.9. The van der Waals surface area contributed by atoms with E-state index in [-0.39, 0.29) is 24.0 Å². The number of ether oxygens (including phenoxy) is 2. The predicted octanol–water partition coefficient (Wildman–Crippen LogP) is 7.47. The molecule has 0 heterocycles. The summed E-state index contributed by atoms with van der Waals surface area (Å²) in [5.74, 6) is 0.0184. The quantitative estimate of drug-likeness (QED) is 0.186. The van der Waals surface area contributed by atoms with Crippen molar-refractivity contribution in [3.8, 4) is 5.75 Å². The van der Waals surface area contributed by atoms with E-state index in [0.717, 1.165) is 12.8 Å². The van der Waals surface area contributed by atoms with Crippen LogP contribution in [0.2, 0.25) is 0 Å². The highest BCUT2D eigenvalue weighted by molar-refractivity contribution is 5.89. The minimum absolute atomic E-state index is 0.136. The van der Waals surface area contributed by atoms with Crippen molar-refractivity contribution in [1.29, 1.82) is 0 Å². The van der Waals surface area contributed by atoms with Crippen LogP contribution in [0.25, 0.3) is 0 Å². The van der Waals surface area contributed by atoms with Gasteiger partial charge in [0.1, 0.15) is 11.9 Å². The Hall–Kier alpha value is -2.62. The molecule has 0 aliphatic heterocycles. The van der Waals surface area contributed by atoms with Gasteiger partial charge in [-0.2, -0.15) is 0 Å². The lowest BCUT2D eigenvalue weighted by atomic mass is 9.87. The number of carbonyl (C=O) groups is 2. The number of hydrogen-bond acceptors (Lipinski definition) is 4. The van der Waals surface area contributed by atoms with Crippen molar-refractivity contribution in [3.63, 3.8) is 0 Å². The molecule has 1 aliphatic carbocycles. The molecule has 0 aromatic heterocycles. The summed E-state index contributed by atoms with van der Waals surface area (Å²) < 4.78 is 11.3. The van der Waals surface area contributed by atoms with Gasteiger partial charge in [0, 0.05) is 0 Å². The van der Waals surface area contributed by atoms with Crippen molar-refractivity contribution >= 4 is 11.9 Å². The van der Waals surface area contributed by atoms with E-state index >= 15 is 0 Å². The van der Waals surface area contributed by atoms with Crippen molar-refractivity contribution in [2.75, 3.05) is 0 Å². The van der Waals surface area contributed by atoms with Gasteiger partial charge in [0.15, 0.2) is 0 Å². The van der Waals surface area contributed by atoms with E-state index in [4.69, 9.17) is 9.47 Å². The van der Waals surface area contributed by atoms with Gasteiger partial charge in [0.2, 0.25) is 0 Å². The standard InChI is InChI=1S/C30H40O4/c1-3-5-7-9-23-11-15-25(16-12-23)29(31)34-28-21-17-26(18-22-28)30(32)33-27-19-13-24(14-20-27)10-8-6-4-2/h11-16,19-20,26,28H,3-10,17-18,21-22H2,1-2H3. The van der Waals surface area contributed by atoms with Crippen molar-refractivity contribution < 1.29 is 19.1 Å². The van der Waals surface area contributed by atoms with Crippen molar-refractivity contribution in [1.82, 2.24) is 0 Å². The summed E-state index contributed by atoms with van der Waals surface area (Å²) in [6.07, 6.45) is 12.0. The number of benzene rings is 2. The number of carbonyl (C=O) groups excluding carboxylic acids is 2. The maximum absolute atomic E-state index is 12.6. The zero-order chi connectivity index (χ0) is 24.2. The summed E-state index contributed by atoms with van der Waals surface area (Å²) >= 11 is 0. The molecule has 184 valence electrons.